The topological polar surface area (TPSA) is 76.3 Å². The first-order valence-electron chi connectivity index (χ1n) is 7.31. The number of pyridine rings is 2. The Morgan fingerprint density at radius 2 is 1.96 bits per heavy atom. The molecule has 0 atom stereocenters. The lowest BCUT2D eigenvalue weighted by atomic mass is 10.0. The van der Waals surface area contributed by atoms with Gasteiger partial charge in [-0.05, 0) is 18.2 Å². The van der Waals surface area contributed by atoms with Gasteiger partial charge >= 0.3 is 0 Å². The first-order valence-corrected chi connectivity index (χ1v) is 7.31. The Morgan fingerprint density at radius 3 is 2.58 bits per heavy atom. The molecule has 1 aromatic carbocycles. The van der Waals surface area contributed by atoms with Crippen molar-refractivity contribution in [2.45, 2.75) is 0 Å². The van der Waals surface area contributed by atoms with E-state index in [1.54, 1.807) is 24.4 Å². The normalized spacial score (nSPS) is 11.0. The van der Waals surface area contributed by atoms with E-state index < -0.39 is 5.95 Å². The maximum Gasteiger partial charge on any atom is 0.212 e. The lowest BCUT2D eigenvalue weighted by Crippen LogP contribution is -2.20. The van der Waals surface area contributed by atoms with Gasteiger partial charge in [0.25, 0.3) is 0 Å². The highest BCUT2D eigenvalue weighted by Gasteiger charge is 2.14. The van der Waals surface area contributed by atoms with Crippen molar-refractivity contribution in [3.8, 4) is 16.9 Å². The van der Waals surface area contributed by atoms with Crippen LogP contribution in [0.4, 0.5) is 15.8 Å². The zero-order valence-electron chi connectivity index (χ0n) is 13.7. The molecule has 2 heterocycles. The number of rotatable bonds is 4. The number of aromatic nitrogens is 2. The lowest BCUT2D eigenvalue weighted by molar-refractivity contribution is 0.417. The Morgan fingerprint density at radius 1 is 1.17 bits per heavy atom. The van der Waals surface area contributed by atoms with Gasteiger partial charge in [0.1, 0.15) is 5.75 Å². The number of benzene rings is 1. The molecule has 24 heavy (non-hydrogen) atoms. The average Bonchev–Trinajstić information content (AvgIpc) is 2.57. The van der Waals surface area contributed by atoms with Crippen molar-refractivity contribution in [2.24, 2.45) is 0 Å². The predicted octanol–water partition coefficient (Wildman–Crippen LogP) is 2.92. The van der Waals surface area contributed by atoms with Crippen molar-refractivity contribution >= 4 is 22.3 Å². The van der Waals surface area contributed by atoms with Crippen molar-refractivity contribution in [3.63, 3.8) is 0 Å². The smallest absolute Gasteiger partial charge is 0.212 e. The van der Waals surface area contributed by atoms with Gasteiger partial charge in [-0.2, -0.15) is 4.39 Å². The summed E-state index contributed by atoms with van der Waals surface area (Å²) in [7, 11) is 5.33. The molecule has 124 valence electrons. The van der Waals surface area contributed by atoms with E-state index in [1.807, 2.05) is 26.2 Å². The number of nitrogen functional groups attached to an aromatic ring is 1. The molecule has 0 aliphatic carbocycles. The second-order valence-electron chi connectivity index (χ2n) is 5.53. The standard InChI is InChI=1S/C17H18FN5O/c1-23(2)22-17-12-6-11(10-4-5-16(18)21-8-10)15(24-3)7-14(12)20-9-13(17)19/h4-9H,19H2,1-3H3,(H,20,22). The van der Waals surface area contributed by atoms with Gasteiger partial charge < -0.3 is 15.9 Å². The summed E-state index contributed by atoms with van der Waals surface area (Å²) >= 11 is 0. The Labute approximate surface area is 139 Å². The van der Waals surface area contributed by atoms with Gasteiger partial charge in [-0.3, -0.25) is 4.98 Å². The third-order valence-corrected chi connectivity index (χ3v) is 3.59. The highest BCUT2D eigenvalue weighted by molar-refractivity contribution is 6.00. The summed E-state index contributed by atoms with van der Waals surface area (Å²) in [6, 6.07) is 6.72. The molecule has 0 fully saturated rings. The number of methoxy groups -OCH3 is 1. The second kappa shape index (κ2) is 6.29. The summed E-state index contributed by atoms with van der Waals surface area (Å²) in [5, 5.41) is 2.64. The number of halogens is 1. The summed E-state index contributed by atoms with van der Waals surface area (Å²) in [5.74, 6) is 0.100. The van der Waals surface area contributed by atoms with E-state index in [4.69, 9.17) is 10.5 Å². The molecule has 0 unspecified atom stereocenters. The quantitative estimate of drug-likeness (QED) is 0.567. The van der Waals surface area contributed by atoms with Crippen molar-refractivity contribution < 1.29 is 9.13 Å². The van der Waals surface area contributed by atoms with Crippen LogP contribution in [0.15, 0.2) is 36.7 Å². The van der Waals surface area contributed by atoms with Crippen molar-refractivity contribution in [1.29, 1.82) is 0 Å². The minimum Gasteiger partial charge on any atom is -0.496 e. The van der Waals surface area contributed by atoms with E-state index in [0.717, 1.165) is 27.7 Å². The summed E-state index contributed by atoms with van der Waals surface area (Å²) in [6.45, 7) is 0. The van der Waals surface area contributed by atoms with Crippen LogP contribution in [0.2, 0.25) is 0 Å². The van der Waals surface area contributed by atoms with Crippen molar-refractivity contribution in [2.75, 3.05) is 32.4 Å². The highest BCUT2D eigenvalue weighted by atomic mass is 19.1. The molecule has 3 N–H and O–H groups in total. The Balaban J connectivity index is 2.26. The summed E-state index contributed by atoms with van der Waals surface area (Å²) in [4.78, 5) is 8.08. The Hall–Kier alpha value is -2.93. The van der Waals surface area contributed by atoms with Crippen LogP contribution >= 0.6 is 0 Å². The van der Waals surface area contributed by atoms with E-state index in [1.165, 1.54) is 12.3 Å². The Kier molecular flexibility index (Phi) is 4.18. The zero-order valence-corrected chi connectivity index (χ0v) is 13.7. The molecule has 0 aliphatic rings. The van der Waals surface area contributed by atoms with Gasteiger partial charge in [0.2, 0.25) is 5.95 Å². The molecule has 2 aromatic heterocycles. The number of hydrogen-bond donors (Lipinski definition) is 2. The fourth-order valence-corrected chi connectivity index (χ4v) is 2.51. The van der Waals surface area contributed by atoms with E-state index in [2.05, 4.69) is 15.4 Å². The molecule has 0 saturated heterocycles. The summed E-state index contributed by atoms with van der Waals surface area (Å²) < 4.78 is 18.6. The maximum atomic E-state index is 13.1. The number of fused-ring (bicyclic) bond motifs is 1. The van der Waals surface area contributed by atoms with Gasteiger partial charge in [0.05, 0.1) is 30.2 Å². The molecular weight excluding hydrogens is 309 g/mol. The fourth-order valence-electron chi connectivity index (χ4n) is 2.51. The second-order valence-corrected chi connectivity index (χ2v) is 5.53. The number of ether oxygens (including phenoxy) is 1. The van der Waals surface area contributed by atoms with E-state index in [-0.39, 0.29) is 0 Å². The molecule has 3 aromatic rings. The third-order valence-electron chi connectivity index (χ3n) is 3.59. The van der Waals surface area contributed by atoms with E-state index in [9.17, 15) is 4.39 Å². The van der Waals surface area contributed by atoms with Gasteiger partial charge in [0, 0.05) is 42.9 Å². The van der Waals surface area contributed by atoms with Crippen LogP contribution in [0.25, 0.3) is 22.0 Å². The van der Waals surface area contributed by atoms with E-state index in [0.29, 0.717) is 11.4 Å². The minimum absolute atomic E-state index is 0.528. The molecule has 7 heteroatoms. The molecule has 0 amide bonds. The molecular formula is C17H18FN5O. The fraction of sp³-hybridized carbons (Fsp3) is 0.176. The highest BCUT2D eigenvalue weighted by Crippen LogP contribution is 2.37. The lowest BCUT2D eigenvalue weighted by Gasteiger charge is -2.18. The number of nitrogens with two attached hydrogens (primary N) is 1. The number of anilines is 2. The third kappa shape index (κ3) is 2.93. The zero-order chi connectivity index (χ0) is 17.3. The van der Waals surface area contributed by atoms with Crippen LogP contribution < -0.4 is 15.9 Å². The minimum atomic E-state index is -0.528. The first-order chi connectivity index (χ1) is 11.5. The molecule has 6 nitrogen and oxygen atoms in total. The molecule has 0 bridgehead atoms. The maximum absolute atomic E-state index is 13.1. The van der Waals surface area contributed by atoms with Gasteiger partial charge in [-0.1, -0.05) is 0 Å². The SMILES string of the molecule is COc1cc2ncc(N)c(NN(C)C)c2cc1-c1ccc(F)nc1. The number of hydrazine groups is 1. The van der Waals surface area contributed by atoms with Gasteiger partial charge in [-0.25, -0.2) is 9.99 Å². The first kappa shape index (κ1) is 15.9. The Bertz CT molecular complexity index is 880. The summed E-state index contributed by atoms with van der Waals surface area (Å²) in [6.07, 6.45) is 3.07. The van der Waals surface area contributed by atoms with Crippen molar-refractivity contribution in [3.05, 3.63) is 42.6 Å². The van der Waals surface area contributed by atoms with Crippen LogP contribution in [0.3, 0.4) is 0 Å². The molecule has 0 aliphatic heterocycles. The van der Waals surface area contributed by atoms with Crippen LogP contribution in [0.5, 0.6) is 5.75 Å². The number of nitrogens with one attached hydrogen (secondary N) is 1. The number of nitrogens with zero attached hydrogens (tertiary/aromatic N) is 3. The van der Waals surface area contributed by atoms with Crippen LogP contribution in [0.1, 0.15) is 0 Å². The average molecular weight is 327 g/mol. The van der Waals surface area contributed by atoms with Gasteiger partial charge in [0.15, 0.2) is 0 Å². The number of hydrogen-bond acceptors (Lipinski definition) is 6. The van der Waals surface area contributed by atoms with Crippen LogP contribution in [0, 0.1) is 5.95 Å². The molecule has 0 radical (unpaired) electrons. The monoisotopic (exact) mass is 327 g/mol. The largest absolute Gasteiger partial charge is 0.496 e. The molecule has 0 saturated carbocycles. The van der Waals surface area contributed by atoms with Crippen molar-refractivity contribution in [1.82, 2.24) is 15.0 Å². The molecule has 0 spiro atoms. The predicted molar refractivity (Wildman–Crippen MR) is 93.2 cm³/mol. The van der Waals surface area contributed by atoms with E-state index >= 15 is 0 Å². The molecule has 3 rings (SSSR count). The van der Waals surface area contributed by atoms with Gasteiger partial charge in [-0.15, -0.1) is 0 Å². The van der Waals surface area contributed by atoms with Crippen LogP contribution in [-0.4, -0.2) is 36.2 Å². The van der Waals surface area contributed by atoms with Crippen LogP contribution in [-0.2, 0) is 0 Å². The summed E-state index contributed by atoms with van der Waals surface area (Å²) in [5.41, 5.74) is 12.8.